The van der Waals surface area contributed by atoms with Crippen LogP contribution in [0.2, 0.25) is 0 Å². The van der Waals surface area contributed by atoms with Gasteiger partial charge in [-0.05, 0) is 33.6 Å². The van der Waals surface area contributed by atoms with Crippen LogP contribution in [0.3, 0.4) is 0 Å². The molecule has 1 aromatic rings. The van der Waals surface area contributed by atoms with Crippen LogP contribution in [0.25, 0.3) is 0 Å². The Morgan fingerprint density at radius 2 is 2.25 bits per heavy atom. The number of aromatic nitrogens is 1. The average molecular weight is 358 g/mol. The van der Waals surface area contributed by atoms with Crippen molar-refractivity contribution in [3.63, 3.8) is 0 Å². The number of aryl methyl sites for hydroxylation is 1. The van der Waals surface area contributed by atoms with Crippen molar-refractivity contribution in [3.8, 4) is 0 Å². The second-order valence-electron chi connectivity index (χ2n) is 6.71. The zero-order valence-corrected chi connectivity index (χ0v) is 15.1. The molecule has 8 heteroatoms. The van der Waals surface area contributed by atoms with Crippen molar-refractivity contribution in [1.29, 1.82) is 0 Å². The van der Waals surface area contributed by atoms with E-state index in [2.05, 4.69) is 10.5 Å². The van der Waals surface area contributed by atoms with E-state index in [4.69, 9.17) is 20.9 Å². The third kappa shape index (κ3) is 4.95. The predicted molar refractivity (Wildman–Crippen MR) is 89.9 cm³/mol. The summed E-state index contributed by atoms with van der Waals surface area (Å²) in [6, 6.07) is 1.62. The van der Waals surface area contributed by atoms with Crippen LogP contribution in [0.5, 0.6) is 0 Å². The molecular weight excluding hydrogens is 334 g/mol. The Balaban J connectivity index is 2.03. The van der Waals surface area contributed by atoms with E-state index in [9.17, 15) is 9.59 Å². The molecule has 1 saturated heterocycles. The van der Waals surface area contributed by atoms with Crippen LogP contribution in [0.4, 0.5) is 5.82 Å². The summed E-state index contributed by atoms with van der Waals surface area (Å²) < 4.78 is 10.5. The van der Waals surface area contributed by atoms with Crippen LogP contribution in [0, 0.1) is 12.3 Å². The molecule has 1 aliphatic rings. The van der Waals surface area contributed by atoms with E-state index < -0.39 is 5.41 Å². The lowest BCUT2D eigenvalue weighted by Crippen LogP contribution is -2.48. The monoisotopic (exact) mass is 357 g/mol. The fourth-order valence-electron chi connectivity index (χ4n) is 2.52. The molecular formula is C16H24ClN3O4. The van der Waals surface area contributed by atoms with Gasteiger partial charge in [0, 0.05) is 25.1 Å². The maximum absolute atomic E-state index is 12.7. The number of anilines is 1. The summed E-state index contributed by atoms with van der Waals surface area (Å²) in [5.74, 6) is 0.608. The van der Waals surface area contributed by atoms with Gasteiger partial charge in [0.25, 0.3) is 0 Å². The Morgan fingerprint density at radius 1 is 1.50 bits per heavy atom. The molecule has 1 unspecified atom stereocenters. The Kier molecular flexibility index (Phi) is 6.23. The van der Waals surface area contributed by atoms with Crippen LogP contribution in [0.1, 0.15) is 32.4 Å². The lowest BCUT2D eigenvalue weighted by molar-refractivity contribution is -0.143. The number of amides is 2. The minimum Gasteiger partial charge on any atom is -0.376 e. The van der Waals surface area contributed by atoms with Gasteiger partial charge in [-0.25, -0.2) is 0 Å². The molecule has 0 aromatic carbocycles. The van der Waals surface area contributed by atoms with Crippen molar-refractivity contribution >= 4 is 29.2 Å². The Hall–Kier alpha value is -1.60. The molecule has 24 heavy (non-hydrogen) atoms. The molecule has 2 heterocycles. The van der Waals surface area contributed by atoms with Gasteiger partial charge in [0.15, 0.2) is 5.82 Å². The highest BCUT2D eigenvalue weighted by Gasteiger charge is 2.34. The molecule has 0 bridgehead atoms. The summed E-state index contributed by atoms with van der Waals surface area (Å²) in [4.78, 5) is 26.5. The number of alkyl halides is 1. The zero-order valence-electron chi connectivity index (χ0n) is 14.3. The number of carbonyl (C=O) groups is 2. The molecule has 1 aromatic heterocycles. The van der Waals surface area contributed by atoms with Crippen molar-refractivity contribution in [3.05, 3.63) is 11.8 Å². The molecule has 0 radical (unpaired) electrons. The van der Waals surface area contributed by atoms with Crippen molar-refractivity contribution in [2.75, 3.05) is 30.9 Å². The molecule has 1 aliphatic heterocycles. The van der Waals surface area contributed by atoms with E-state index in [-0.39, 0.29) is 30.3 Å². The van der Waals surface area contributed by atoms with Gasteiger partial charge in [0.2, 0.25) is 11.8 Å². The quantitative estimate of drug-likeness (QED) is 0.756. The number of carbonyl (C=O) groups excluding carboxylic acids is 2. The van der Waals surface area contributed by atoms with E-state index in [1.54, 1.807) is 26.8 Å². The summed E-state index contributed by atoms with van der Waals surface area (Å²) >= 11 is 5.92. The standard InChI is InChI=1S/C16H24ClN3O4/c1-11-7-13(19-24-11)18-14(21)9-20(8-12-5-4-6-23-12)15(22)16(2,3)10-17/h7,12H,4-6,8-10H2,1-3H3,(H,18,19,21). The SMILES string of the molecule is Cc1cc(NC(=O)CN(CC2CCCO2)C(=O)C(C)(C)CCl)no1. The van der Waals surface area contributed by atoms with Gasteiger partial charge in [0.1, 0.15) is 12.3 Å². The smallest absolute Gasteiger partial charge is 0.245 e. The van der Waals surface area contributed by atoms with Crippen LogP contribution < -0.4 is 5.32 Å². The van der Waals surface area contributed by atoms with Crippen molar-refractivity contribution in [1.82, 2.24) is 10.1 Å². The van der Waals surface area contributed by atoms with Gasteiger partial charge in [-0.1, -0.05) is 5.16 Å². The first kappa shape index (κ1) is 18.7. The van der Waals surface area contributed by atoms with Crippen molar-refractivity contribution in [2.45, 2.75) is 39.7 Å². The lowest BCUT2D eigenvalue weighted by atomic mass is 9.94. The minimum atomic E-state index is -0.745. The number of halogens is 1. The molecule has 0 spiro atoms. The maximum Gasteiger partial charge on any atom is 0.245 e. The first-order chi connectivity index (χ1) is 11.3. The summed E-state index contributed by atoms with van der Waals surface area (Å²) in [5.41, 5.74) is -0.745. The third-order valence-electron chi connectivity index (χ3n) is 3.88. The zero-order chi connectivity index (χ0) is 17.7. The number of rotatable bonds is 7. The number of hydrogen-bond acceptors (Lipinski definition) is 5. The topological polar surface area (TPSA) is 84.7 Å². The van der Waals surface area contributed by atoms with Crippen LogP contribution >= 0.6 is 11.6 Å². The number of nitrogens with zero attached hydrogens (tertiary/aromatic N) is 2. The maximum atomic E-state index is 12.7. The summed E-state index contributed by atoms with van der Waals surface area (Å²) in [7, 11) is 0. The minimum absolute atomic E-state index is 0.0397. The molecule has 2 rings (SSSR count). The molecule has 134 valence electrons. The van der Waals surface area contributed by atoms with Crippen LogP contribution in [-0.4, -0.2) is 53.6 Å². The number of ether oxygens (including phenoxy) is 1. The fraction of sp³-hybridized carbons (Fsp3) is 0.688. The highest BCUT2D eigenvalue weighted by molar-refractivity contribution is 6.19. The highest BCUT2D eigenvalue weighted by atomic mass is 35.5. The summed E-state index contributed by atoms with van der Waals surface area (Å²) in [5, 5.41) is 6.35. The van der Waals surface area contributed by atoms with Gasteiger partial charge < -0.3 is 19.5 Å². The third-order valence-corrected chi connectivity index (χ3v) is 4.55. The lowest BCUT2D eigenvalue weighted by Gasteiger charge is -2.31. The van der Waals surface area contributed by atoms with E-state index in [1.165, 1.54) is 4.90 Å². The Labute approximate surface area is 146 Å². The molecule has 0 saturated carbocycles. The molecule has 1 atom stereocenters. The summed E-state index contributed by atoms with van der Waals surface area (Å²) in [6.07, 6.45) is 1.81. The van der Waals surface area contributed by atoms with Crippen LogP contribution in [0.15, 0.2) is 10.6 Å². The summed E-state index contributed by atoms with van der Waals surface area (Å²) in [6.45, 7) is 6.26. The number of hydrogen-bond donors (Lipinski definition) is 1. The Bertz CT molecular complexity index is 582. The molecule has 1 N–H and O–H groups in total. The van der Waals surface area contributed by atoms with Crippen LogP contribution in [-0.2, 0) is 14.3 Å². The molecule has 2 amide bonds. The van der Waals surface area contributed by atoms with Gasteiger partial charge in [-0.3, -0.25) is 9.59 Å². The molecule has 0 aliphatic carbocycles. The van der Waals surface area contributed by atoms with E-state index >= 15 is 0 Å². The first-order valence-corrected chi connectivity index (χ1v) is 8.55. The van der Waals surface area contributed by atoms with E-state index in [1.807, 2.05) is 0 Å². The van der Waals surface area contributed by atoms with Gasteiger partial charge in [0.05, 0.1) is 11.5 Å². The van der Waals surface area contributed by atoms with Crippen molar-refractivity contribution in [2.24, 2.45) is 5.41 Å². The van der Waals surface area contributed by atoms with Gasteiger partial charge >= 0.3 is 0 Å². The fourth-order valence-corrected chi connectivity index (χ4v) is 2.63. The second kappa shape index (κ2) is 7.98. The van der Waals surface area contributed by atoms with Gasteiger partial charge in [-0.2, -0.15) is 0 Å². The van der Waals surface area contributed by atoms with E-state index in [0.717, 1.165) is 12.8 Å². The first-order valence-electron chi connectivity index (χ1n) is 8.02. The largest absolute Gasteiger partial charge is 0.376 e. The molecule has 7 nitrogen and oxygen atoms in total. The number of nitrogens with one attached hydrogen (secondary N) is 1. The Morgan fingerprint density at radius 3 is 2.79 bits per heavy atom. The van der Waals surface area contributed by atoms with Crippen molar-refractivity contribution < 1.29 is 18.8 Å². The highest BCUT2D eigenvalue weighted by Crippen LogP contribution is 2.23. The van der Waals surface area contributed by atoms with E-state index in [0.29, 0.717) is 24.7 Å². The van der Waals surface area contributed by atoms with Gasteiger partial charge in [-0.15, -0.1) is 11.6 Å². The second-order valence-corrected chi connectivity index (χ2v) is 6.98. The normalized spacial score (nSPS) is 17.8. The average Bonchev–Trinajstić information content (AvgIpc) is 3.17. The molecule has 1 fully saturated rings. The predicted octanol–water partition coefficient (Wildman–Crippen LogP) is 2.19.